The molecule has 14 heavy (non-hydrogen) atoms. The van der Waals surface area contributed by atoms with Crippen molar-refractivity contribution in [3.63, 3.8) is 0 Å². The van der Waals surface area contributed by atoms with Crippen LogP contribution >= 0.6 is 0 Å². The molecule has 0 amide bonds. The second kappa shape index (κ2) is 10.6. The topological polar surface area (TPSA) is 9.23 Å². The number of methoxy groups -OCH3 is 1. The largest absolute Gasteiger partial charge is 0.417 e. The fourth-order valence-electron chi connectivity index (χ4n) is 1.13. The third-order valence-electron chi connectivity index (χ3n) is 1.60. The average Bonchev–Trinajstić information content (AvgIpc) is 2.06. The van der Waals surface area contributed by atoms with Gasteiger partial charge < -0.3 is 4.74 Å². The summed E-state index contributed by atoms with van der Waals surface area (Å²) in [6.07, 6.45) is 3.25. The van der Waals surface area contributed by atoms with E-state index < -0.39 is 0 Å². The molecule has 1 rings (SSSR count). The maximum absolute atomic E-state index is 4.92. The SMILES string of the molecule is CC[CH-]c1cccc([CH-]OC)c1.[Y].[Y]. The Bertz CT molecular complexity index is 217. The van der Waals surface area contributed by atoms with Gasteiger partial charge in [0.1, 0.15) is 0 Å². The Hall–Kier alpha value is 1.13. The summed E-state index contributed by atoms with van der Waals surface area (Å²) >= 11 is 0. The summed E-state index contributed by atoms with van der Waals surface area (Å²) in [7, 11) is 1.66. The maximum atomic E-state index is 4.92. The number of hydrogen-bond donors (Lipinski definition) is 0. The second-order valence-electron chi connectivity index (χ2n) is 2.64. The Balaban J connectivity index is 0. The number of rotatable bonds is 4. The molecule has 0 aliphatic heterocycles. The third-order valence-corrected chi connectivity index (χ3v) is 1.60. The van der Waals surface area contributed by atoms with Crippen LogP contribution in [0.3, 0.4) is 0 Å². The molecule has 0 atom stereocenters. The number of ether oxygens (including phenoxy) is 1. The molecular formula is C11H14OY2-2. The van der Waals surface area contributed by atoms with Crippen molar-refractivity contribution >= 4 is 0 Å². The molecule has 0 N–H and O–H groups in total. The van der Waals surface area contributed by atoms with Gasteiger partial charge in [0.2, 0.25) is 0 Å². The van der Waals surface area contributed by atoms with Crippen LogP contribution in [0.1, 0.15) is 24.5 Å². The first-order chi connectivity index (χ1) is 5.86. The molecule has 0 fully saturated rings. The summed E-state index contributed by atoms with van der Waals surface area (Å²) in [6.45, 7) is 3.87. The van der Waals surface area contributed by atoms with Crippen LogP contribution in [0.25, 0.3) is 0 Å². The monoisotopic (exact) mass is 340 g/mol. The molecule has 1 aromatic rings. The van der Waals surface area contributed by atoms with Gasteiger partial charge >= 0.3 is 0 Å². The molecule has 2 radical (unpaired) electrons. The van der Waals surface area contributed by atoms with Crippen molar-refractivity contribution in [3.8, 4) is 0 Å². The molecule has 0 aliphatic carbocycles. The molecule has 0 aromatic heterocycles. The standard InChI is InChI=1S/C11H14O.2Y/c1-3-5-10-6-4-7-11(8-10)9-12-2;;/h4-9H,3H2,1-2H3;;/q-2;;. The smallest absolute Gasteiger partial charge is 0.0259 e. The summed E-state index contributed by atoms with van der Waals surface area (Å²) in [6, 6.07) is 8.26. The third kappa shape index (κ3) is 6.58. The Labute approximate surface area is 137 Å². The van der Waals surface area contributed by atoms with Crippen LogP contribution in [0.2, 0.25) is 0 Å². The van der Waals surface area contributed by atoms with E-state index in [-0.39, 0.29) is 65.4 Å². The van der Waals surface area contributed by atoms with E-state index in [1.807, 2.05) is 12.1 Å². The van der Waals surface area contributed by atoms with Crippen LogP contribution in [0.4, 0.5) is 0 Å². The van der Waals surface area contributed by atoms with Gasteiger partial charge in [0, 0.05) is 72.5 Å². The van der Waals surface area contributed by atoms with Crippen molar-refractivity contribution in [1.82, 2.24) is 0 Å². The summed E-state index contributed by atoms with van der Waals surface area (Å²) in [5.41, 5.74) is 2.36. The summed E-state index contributed by atoms with van der Waals surface area (Å²) in [5.74, 6) is 0. The van der Waals surface area contributed by atoms with Gasteiger partial charge in [0.05, 0.1) is 0 Å². The van der Waals surface area contributed by atoms with Crippen molar-refractivity contribution in [2.75, 3.05) is 7.11 Å². The minimum atomic E-state index is 0. The predicted octanol–water partition coefficient (Wildman–Crippen LogP) is 2.80. The zero-order chi connectivity index (χ0) is 8.81. The molecule has 0 saturated heterocycles. The molecule has 72 valence electrons. The van der Waals surface area contributed by atoms with Crippen LogP contribution in [-0.4, -0.2) is 7.11 Å². The molecule has 0 heterocycles. The Morgan fingerprint density at radius 1 is 1.21 bits per heavy atom. The maximum Gasteiger partial charge on any atom is 0.0259 e. The van der Waals surface area contributed by atoms with Crippen molar-refractivity contribution < 1.29 is 70.2 Å². The molecule has 1 nitrogen and oxygen atoms in total. The number of benzene rings is 1. The fourth-order valence-corrected chi connectivity index (χ4v) is 1.13. The van der Waals surface area contributed by atoms with Gasteiger partial charge in [-0.15, -0.1) is 0 Å². The summed E-state index contributed by atoms with van der Waals surface area (Å²) in [4.78, 5) is 0. The van der Waals surface area contributed by atoms with Gasteiger partial charge in [-0.05, 0) is 0 Å². The van der Waals surface area contributed by atoms with E-state index in [1.54, 1.807) is 13.7 Å². The van der Waals surface area contributed by atoms with Crippen LogP contribution < -0.4 is 0 Å². The first kappa shape index (κ1) is 17.5. The molecule has 0 unspecified atom stereocenters. The van der Waals surface area contributed by atoms with E-state index in [1.165, 1.54) is 5.56 Å². The van der Waals surface area contributed by atoms with Gasteiger partial charge in [0.25, 0.3) is 0 Å². The minimum absolute atomic E-state index is 0. The van der Waals surface area contributed by atoms with Crippen molar-refractivity contribution in [2.45, 2.75) is 13.3 Å². The minimum Gasteiger partial charge on any atom is -0.417 e. The van der Waals surface area contributed by atoms with Crippen molar-refractivity contribution in [2.24, 2.45) is 0 Å². The van der Waals surface area contributed by atoms with E-state index in [4.69, 9.17) is 4.74 Å². The van der Waals surface area contributed by atoms with Gasteiger partial charge in [0.15, 0.2) is 0 Å². The van der Waals surface area contributed by atoms with Gasteiger partial charge in [-0.25, -0.2) is 0 Å². The molecule has 0 saturated carbocycles. The van der Waals surface area contributed by atoms with Crippen molar-refractivity contribution in [1.29, 1.82) is 0 Å². The first-order valence-electron chi connectivity index (χ1n) is 4.16. The van der Waals surface area contributed by atoms with Gasteiger partial charge in [-0.2, -0.15) is 41.8 Å². The van der Waals surface area contributed by atoms with E-state index in [9.17, 15) is 0 Å². The van der Waals surface area contributed by atoms with Crippen LogP contribution in [0.5, 0.6) is 0 Å². The number of hydrogen-bond acceptors (Lipinski definition) is 1. The zero-order valence-corrected chi connectivity index (χ0v) is 14.4. The fraction of sp³-hybridized carbons (Fsp3) is 0.273. The normalized spacial score (nSPS) is 8.14. The van der Waals surface area contributed by atoms with E-state index in [0.29, 0.717) is 0 Å². The van der Waals surface area contributed by atoms with Crippen LogP contribution in [-0.2, 0) is 70.2 Å². The van der Waals surface area contributed by atoms with E-state index in [0.717, 1.165) is 12.0 Å². The zero-order valence-electron chi connectivity index (χ0n) is 8.73. The Kier molecular flexibility index (Phi) is 13.3. The Morgan fingerprint density at radius 2 is 1.86 bits per heavy atom. The molecule has 0 aliphatic rings. The summed E-state index contributed by atoms with van der Waals surface area (Å²) < 4.78 is 4.92. The quantitative estimate of drug-likeness (QED) is 0.766. The molecular weight excluding hydrogens is 326 g/mol. The Morgan fingerprint density at radius 3 is 2.43 bits per heavy atom. The predicted molar refractivity (Wildman–Crippen MR) is 50.5 cm³/mol. The second-order valence-corrected chi connectivity index (χ2v) is 2.64. The van der Waals surface area contributed by atoms with Crippen LogP contribution in [0, 0.1) is 13.0 Å². The molecule has 0 spiro atoms. The van der Waals surface area contributed by atoms with Gasteiger partial charge in [-0.3, -0.25) is 0 Å². The molecule has 3 heteroatoms. The van der Waals surface area contributed by atoms with E-state index >= 15 is 0 Å². The molecule has 0 bridgehead atoms. The average molecular weight is 340 g/mol. The molecule has 1 aromatic carbocycles. The van der Waals surface area contributed by atoms with Gasteiger partial charge in [-0.1, -0.05) is 20.0 Å². The van der Waals surface area contributed by atoms with Crippen molar-refractivity contribution in [3.05, 3.63) is 48.4 Å². The first-order valence-corrected chi connectivity index (χ1v) is 4.16. The van der Waals surface area contributed by atoms with E-state index in [2.05, 4.69) is 25.5 Å². The van der Waals surface area contributed by atoms with Crippen LogP contribution in [0.15, 0.2) is 24.3 Å². The summed E-state index contributed by atoms with van der Waals surface area (Å²) in [5, 5.41) is 0.